The van der Waals surface area contributed by atoms with Crippen molar-refractivity contribution < 1.29 is 9.90 Å². The van der Waals surface area contributed by atoms with Gasteiger partial charge < -0.3 is 9.67 Å². The van der Waals surface area contributed by atoms with E-state index in [0.29, 0.717) is 5.52 Å². The largest absolute Gasteiger partial charge is 0.478 e. The number of benzene rings is 4. The molecule has 5 nitrogen and oxygen atoms in total. The molecule has 33 heavy (non-hydrogen) atoms. The molecule has 0 saturated heterocycles. The van der Waals surface area contributed by atoms with Crippen LogP contribution < -0.4 is 0 Å². The Kier molecular flexibility index (Phi) is 4.30. The van der Waals surface area contributed by atoms with Crippen LogP contribution in [0.1, 0.15) is 17.3 Å². The van der Waals surface area contributed by atoms with Gasteiger partial charge in [-0.3, -0.25) is 4.57 Å². The molecule has 2 aromatic heterocycles. The SMILES string of the molecule is CCn1c2ccccc2c2cc(-c3nc4cc(C(=O)O)ccc4n3-c3ccccc3)ccc21. The molecule has 160 valence electrons. The maximum atomic E-state index is 11.5. The van der Waals surface area contributed by atoms with E-state index in [2.05, 4.69) is 58.5 Å². The highest BCUT2D eigenvalue weighted by Gasteiger charge is 2.18. The molecule has 0 saturated carbocycles. The van der Waals surface area contributed by atoms with E-state index in [-0.39, 0.29) is 5.56 Å². The van der Waals surface area contributed by atoms with Crippen molar-refractivity contribution in [1.29, 1.82) is 0 Å². The number of carboxylic acids is 1. The number of rotatable bonds is 4. The normalized spacial score (nSPS) is 11.5. The number of aromatic nitrogens is 3. The van der Waals surface area contributed by atoms with E-state index in [9.17, 15) is 9.90 Å². The standard InChI is InChI=1S/C28H21N3O2/c1-2-30-24-11-7-6-10-21(24)22-16-18(12-14-25(22)30)27-29-23-17-19(28(32)33)13-15-26(23)31(27)20-8-4-3-5-9-20/h3-17H,2H2,1H3,(H,32,33). The zero-order valence-electron chi connectivity index (χ0n) is 18.1. The fourth-order valence-corrected chi connectivity index (χ4v) is 4.78. The van der Waals surface area contributed by atoms with Crippen LogP contribution in [0.5, 0.6) is 0 Å². The molecule has 0 unspecified atom stereocenters. The first-order valence-corrected chi connectivity index (χ1v) is 11.0. The van der Waals surface area contributed by atoms with E-state index in [1.54, 1.807) is 12.1 Å². The van der Waals surface area contributed by atoms with Crippen LogP contribution in [0.15, 0.2) is 91.0 Å². The zero-order chi connectivity index (χ0) is 22.5. The maximum Gasteiger partial charge on any atom is 0.335 e. The molecule has 4 aromatic carbocycles. The molecular weight excluding hydrogens is 410 g/mol. The van der Waals surface area contributed by atoms with Gasteiger partial charge in [0.15, 0.2) is 0 Å². The summed E-state index contributed by atoms with van der Waals surface area (Å²) in [5, 5.41) is 11.9. The van der Waals surface area contributed by atoms with Crippen LogP contribution in [0.4, 0.5) is 0 Å². The van der Waals surface area contributed by atoms with Crippen molar-refractivity contribution in [3.05, 3.63) is 96.6 Å². The van der Waals surface area contributed by atoms with Gasteiger partial charge in [0, 0.05) is 39.6 Å². The van der Waals surface area contributed by atoms with Crippen molar-refractivity contribution in [2.75, 3.05) is 0 Å². The van der Waals surface area contributed by atoms with Crippen LogP contribution in [-0.4, -0.2) is 25.2 Å². The van der Waals surface area contributed by atoms with Gasteiger partial charge in [-0.2, -0.15) is 0 Å². The van der Waals surface area contributed by atoms with Gasteiger partial charge in [-0.25, -0.2) is 9.78 Å². The molecule has 2 heterocycles. The average molecular weight is 431 g/mol. The summed E-state index contributed by atoms with van der Waals surface area (Å²) in [6.45, 7) is 3.05. The van der Waals surface area contributed by atoms with Crippen molar-refractivity contribution in [3.63, 3.8) is 0 Å². The number of hydrogen-bond donors (Lipinski definition) is 1. The Bertz CT molecular complexity index is 1680. The Labute approximate surface area is 190 Å². The summed E-state index contributed by atoms with van der Waals surface area (Å²) in [6.07, 6.45) is 0. The van der Waals surface area contributed by atoms with E-state index in [1.165, 1.54) is 21.8 Å². The Hall–Kier alpha value is -4.38. The molecule has 5 heteroatoms. The van der Waals surface area contributed by atoms with Crippen LogP contribution in [-0.2, 0) is 6.54 Å². The molecule has 6 rings (SSSR count). The number of hydrogen-bond acceptors (Lipinski definition) is 2. The average Bonchev–Trinajstić information content (AvgIpc) is 3.39. The monoisotopic (exact) mass is 431 g/mol. The van der Waals surface area contributed by atoms with Gasteiger partial charge in [0.2, 0.25) is 0 Å². The van der Waals surface area contributed by atoms with Gasteiger partial charge in [0.25, 0.3) is 0 Å². The van der Waals surface area contributed by atoms with Crippen LogP contribution in [0.25, 0.3) is 49.9 Å². The highest BCUT2D eigenvalue weighted by Crippen LogP contribution is 2.35. The topological polar surface area (TPSA) is 60.1 Å². The minimum absolute atomic E-state index is 0.230. The van der Waals surface area contributed by atoms with Crippen molar-refractivity contribution in [1.82, 2.24) is 14.1 Å². The third-order valence-electron chi connectivity index (χ3n) is 6.26. The van der Waals surface area contributed by atoms with Crippen molar-refractivity contribution in [2.45, 2.75) is 13.5 Å². The third kappa shape index (κ3) is 2.93. The van der Waals surface area contributed by atoms with Crippen LogP contribution >= 0.6 is 0 Å². The van der Waals surface area contributed by atoms with Crippen LogP contribution in [0.2, 0.25) is 0 Å². The van der Waals surface area contributed by atoms with Gasteiger partial charge in [-0.1, -0.05) is 36.4 Å². The molecule has 1 N–H and O–H groups in total. The van der Waals surface area contributed by atoms with Gasteiger partial charge in [0.1, 0.15) is 5.82 Å². The van der Waals surface area contributed by atoms with Gasteiger partial charge >= 0.3 is 5.97 Å². The minimum atomic E-state index is -0.957. The second-order valence-corrected chi connectivity index (χ2v) is 8.11. The summed E-state index contributed by atoms with van der Waals surface area (Å²) in [5.41, 5.74) is 6.13. The lowest BCUT2D eigenvalue weighted by Crippen LogP contribution is -1.98. The predicted octanol–water partition coefficient (Wildman–Crippen LogP) is 6.52. The summed E-state index contributed by atoms with van der Waals surface area (Å²) in [7, 11) is 0. The number of carbonyl (C=O) groups is 1. The summed E-state index contributed by atoms with van der Waals surface area (Å²) in [5.74, 6) is -0.171. The summed E-state index contributed by atoms with van der Waals surface area (Å²) < 4.78 is 4.43. The molecule has 0 aliphatic carbocycles. The lowest BCUT2D eigenvalue weighted by molar-refractivity contribution is 0.0697. The maximum absolute atomic E-state index is 11.5. The number of aromatic carboxylic acids is 1. The fraction of sp³-hybridized carbons (Fsp3) is 0.0714. The first-order chi connectivity index (χ1) is 16.2. The molecule has 0 aliphatic heterocycles. The van der Waals surface area contributed by atoms with E-state index < -0.39 is 5.97 Å². The highest BCUT2D eigenvalue weighted by molar-refractivity contribution is 6.09. The molecular formula is C28H21N3O2. The van der Waals surface area contributed by atoms with E-state index in [0.717, 1.165) is 29.1 Å². The van der Waals surface area contributed by atoms with Crippen molar-refractivity contribution in [2.24, 2.45) is 0 Å². The smallest absolute Gasteiger partial charge is 0.335 e. The Morgan fingerprint density at radius 2 is 1.55 bits per heavy atom. The first-order valence-electron chi connectivity index (χ1n) is 11.0. The molecule has 0 amide bonds. The van der Waals surface area contributed by atoms with Crippen molar-refractivity contribution >= 4 is 38.8 Å². The zero-order valence-corrected chi connectivity index (χ0v) is 18.1. The lowest BCUT2D eigenvalue weighted by Gasteiger charge is -2.10. The third-order valence-corrected chi connectivity index (χ3v) is 6.26. The molecule has 0 atom stereocenters. The number of para-hydroxylation sites is 2. The molecule has 0 spiro atoms. The van der Waals surface area contributed by atoms with Gasteiger partial charge in [-0.15, -0.1) is 0 Å². The highest BCUT2D eigenvalue weighted by atomic mass is 16.4. The van der Waals surface area contributed by atoms with Crippen LogP contribution in [0, 0.1) is 0 Å². The quantitative estimate of drug-likeness (QED) is 0.346. The lowest BCUT2D eigenvalue weighted by atomic mass is 10.1. The summed E-state index contributed by atoms with van der Waals surface area (Å²) in [4.78, 5) is 16.5. The molecule has 0 radical (unpaired) electrons. The molecule has 0 aliphatic rings. The summed E-state index contributed by atoms with van der Waals surface area (Å²) in [6, 6.07) is 30.1. The predicted molar refractivity (Wildman–Crippen MR) is 132 cm³/mol. The van der Waals surface area contributed by atoms with Gasteiger partial charge in [0.05, 0.1) is 16.6 Å². The minimum Gasteiger partial charge on any atom is -0.478 e. The second kappa shape index (κ2) is 7.35. The Morgan fingerprint density at radius 1 is 0.818 bits per heavy atom. The molecule has 0 bridgehead atoms. The number of imidazole rings is 1. The van der Waals surface area contributed by atoms with Gasteiger partial charge in [-0.05, 0) is 61.5 Å². The summed E-state index contributed by atoms with van der Waals surface area (Å²) >= 11 is 0. The Balaban J connectivity index is 1.67. The second-order valence-electron chi connectivity index (χ2n) is 8.11. The first kappa shape index (κ1) is 19.3. The molecule has 0 fully saturated rings. The molecule has 6 aromatic rings. The van der Waals surface area contributed by atoms with Crippen molar-refractivity contribution in [3.8, 4) is 17.1 Å². The Morgan fingerprint density at radius 3 is 2.33 bits per heavy atom. The van der Waals surface area contributed by atoms with Crippen LogP contribution in [0.3, 0.4) is 0 Å². The van der Waals surface area contributed by atoms with E-state index >= 15 is 0 Å². The van der Waals surface area contributed by atoms with E-state index in [1.807, 2.05) is 36.4 Å². The fourth-order valence-electron chi connectivity index (χ4n) is 4.78. The number of aryl methyl sites for hydroxylation is 1. The number of nitrogens with zero attached hydrogens (tertiary/aromatic N) is 3. The van der Waals surface area contributed by atoms with E-state index in [4.69, 9.17) is 4.98 Å². The number of fused-ring (bicyclic) bond motifs is 4. The number of carboxylic acid groups (broad SMARTS) is 1.